The van der Waals surface area contributed by atoms with Gasteiger partial charge >= 0.3 is 5.97 Å². The molecule has 1 aromatic carbocycles. The van der Waals surface area contributed by atoms with Crippen molar-refractivity contribution in [3.63, 3.8) is 0 Å². The van der Waals surface area contributed by atoms with E-state index < -0.39 is 35.4 Å². The van der Waals surface area contributed by atoms with E-state index in [-0.39, 0.29) is 48.0 Å². The van der Waals surface area contributed by atoms with Crippen molar-refractivity contribution in [1.82, 2.24) is 25.3 Å². The molecule has 1 aromatic rings. The van der Waals surface area contributed by atoms with Crippen LogP contribution in [0.5, 0.6) is 0 Å². The topological polar surface area (TPSA) is 215 Å². The van der Waals surface area contributed by atoms with Gasteiger partial charge in [-0.25, -0.2) is 13.2 Å². The third kappa shape index (κ3) is 22.8. The maximum absolute atomic E-state index is 12.3. The number of carbonyl (C=O) groups is 7. The number of anilines is 1. The van der Waals surface area contributed by atoms with E-state index in [9.17, 15) is 41.9 Å². The van der Waals surface area contributed by atoms with Crippen molar-refractivity contribution in [3.05, 3.63) is 41.7 Å². The van der Waals surface area contributed by atoms with Crippen LogP contribution in [0, 0.1) is 41.1 Å². The molecule has 0 bridgehead atoms. The molecule has 62 heavy (non-hydrogen) atoms. The van der Waals surface area contributed by atoms with Crippen molar-refractivity contribution in [2.45, 2.75) is 118 Å². The molecule has 1 saturated carbocycles. The van der Waals surface area contributed by atoms with Gasteiger partial charge in [0.1, 0.15) is 25.2 Å². The largest absolute Gasteiger partial charge is 0.465 e. The molecular formula is C44H74F3N7O8. The summed E-state index contributed by atoms with van der Waals surface area (Å²) in [6, 6.07) is 0.0649. The van der Waals surface area contributed by atoms with Crippen LogP contribution < -0.4 is 22.1 Å². The average Bonchev–Trinajstić information content (AvgIpc) is 3.67. The molecule has 1 aliphatic heterocycles. The van der Waals surface area contributed by atoms with Crippen LogP contribution in [0.1, 0.15) is 93.4 Å². The number of likely N-dealkylation sites (tertiary alicyclic amines) is 1. The molecule has 0 radical (unpaired) electrons. The fourth-order valence-corrected chi connectivity index (χ4v) is 6.53. The maximum Gasteiger partial charge on any atom is 0.323 e. The summed E-state index contributed by atoms with van der Waals surface area (Å²) < 4.78 is 41.5. The van der Waals surface area contributed by atoms with Crippen molar-refractivity contribution >= 4 is 48.4 Å². The van der Waals surface area contributed by atoms with Crippen molar-refractivity contribution in [1.29, 1.82) is 0 Å². The second-order valence-electron chi connectivity index (χ2n) is 16.1. The summed E-state index contributed by atoms with van der Waals surface area (Å²) in [7, 11) is 7.24. The van der Waals surface area contributed by atoms with E-state index in [1.807, 2.05) is 52.8 Å². The van der Waals surface area contributed by atoms with Crippen LogP contribution in [0.4, 0.5) is 18.9 Å². The summed E-state index contributed by atoms with van der Waals surface area (Å²) in [6.07, 6.45) is 11.5. The van der Waals surface area contributed by atoms with Gasteiger partial charge in [-0.1, -0.05) is 40.7 Å². The van der Waals surface area contributed by atoms with Crippen LogP contribution in [0.3, 0.4) is 0 Å². The minimum absolute atomic E-state index is 0.0246. The Bertz CT molecular complexity index is 1540. The van der Waals surface area contributed by atoms with E-state index in [4.69, 9.17) is 21.0 Å². The number of hydrogen-bond donors (Lipinski definition) is 4. The molecule has 15 nitrogen and oxygen atoms in total. The predicted molar refractivity (Wildman–Crippen MR) is 235 cm³/mol. The van der Waals surface area contributed by atoms with Crippen LogP contribution in [0.2, 0.25) is 0 Å². The Morgan fingerprint density at radius 3 is 2.03 bits per heavy atom. The average molecular weight is 886 g/mol. The van der Waals surface area contributed by atoms with Crippen LogP contribution in [0.15, 0.2) is 24.3 Å². The fraction of sp³-hybridized carbons (Fsp3) is 0.659. The molecule has 2 fully saturated rings. The zero-order chi connectivity index (χ0) is 48.3. The number of nitrogens with one attached hydrogen (secondary N) is 2. The number of hydrogen-bond acceptors (Lipinski definition) is 11. The lowest BCUT2D eigenvalue weighted by Gasteiger charge is -2.34. The van der Waals surface area contributed by atoms with Crippen molar-refractivity contribution in [2.24, 2.45) is 29.4 Å². The number of primary amides is 1. The number of ether oxygens (including phenoxy) is 1. The summed E-state index contributed by atoms with van der Waals surface area (Å²) in [6.45, 7) is 17.4. The number of benzene rings is 1. The van der Waals surface area contributed by atoms with Crippen LogP contribution in [-0.4, -0.2) is 129 Å². The molecule has 18 heteroatoms. The van der Waals surface area contributed by atoms with E-state index in [0.29, 0.717) is 37.1 Å². The van der Waals surface area contributed by atoms with E-state index in [1.54, 1.807) is 27.0 Å². The number of halogens is 3. The lowest BCUT2D eigenvalue weighted by molar-refractivity contribution is -0.148. The van der Waals surface area contributed by atoms with Gasteiger partial charge in [0.15, 0.2) is 17.5 Å². The lowest BCUT2D eigenvalue weighted by atomic mass is 9.71. The second kappa shape index (κ2) is 31.9. The summed E-state index contributed by atoms with van der Waals surface area (Å²) in [5, 5.41) is 5.01. The number of aldehydes is 1. The number of amides is 4. The quantitative estimate of drug-likeness (QED) is 0.0642. The first-order valence-corrected chi connectivity index (χ1v) is 21.0. The molecule has 354 valence electrons. The summed E-state index contributed by atoms with van der Waals surface area (Å²) >= 11 is 0. The molecule has 7 atom stereocenters. The van der Waals surface area contributed by atoms with Crippen LogP contribution in [-0.2, 0) is 38.3 Å². The maximum atomic E-state index is 12.3. The summed E-state index contributed by atoms with van der Waals surface area (Å²) in [5.41, 5.74) is 9.83. The zero-order valence-corrected chi connectivity index (χ0v) is 38.7. The summed E-state index contributed by atoms with van der Waals surface area (Å²) in [4.78, 5) is 81.4. The SMILES string of the molecule is C=O.CC(C)C1CCC(C)C(/C=C/C(=O)NCC(N)=O)C1.CCC(C(=O)N(C)C(C)C(=O)NC(C)C=O)N(C)C.CCCOC(=O)C1CCCN1C.Nc1cc(F)c(F)c(F)c1. The Labute approximate surface area is 366 Å². The number of esters is 1. The van der Waals surface area contributed by atoms with E-state index in [0.717, 1.165) is 50.3 Å². The summed E-state index contributed by atoms with van der Waals surface area (Å²) in [5.74, 6) is -2.73. The van der Waals surface area contributed by atoms with Gasteiger partial charge in [-0.15, -0.1) is 0 Å². The molecule has 7 unspecified atom stereocenters. The monoisotopic (exact) mass is 886 g/mol. The fourth-order valence-electron chi connectivity index (χ4n) is 6.53. The predicted octanol–water partition coefficient (Wildman–Crippen LogP) is 4.26. The molecule has 2 aliphatic rings. The van der Waals surface area contributed by atoms with Gasteiger partial charge in [0.05, 0.1) is 25.2 Å². The first kappa shape index (κ1) is 59.3. The highest BCUT2D eigenvalue weighted by Gasteiger charge is 2.30. The van der Waals surface area contributed by atoms with Gasteiger partial charge in [-0.3, -0.25) is 33.8 Å². The highest BCUT2D eigenvalue weighted by Crippen LogP contribution is 2.37. The smallest absolute Gasteiger partial charge is 0.323 e. The first-order valence-electron chi connectivity index (χ1n) is 21.0. The Morgan fingerprint density at radius 1 is 1.00 bits per heavy atom. The molecule has 4 amide bonds. The van der Waals surface area contributed by atoms with Crippen LogP contribution >= 0.6 is 0 Å². The standard InChI is InChI=1S/C15H26N2O2.C13H25N3O3.C9H17NO2.C6H4F3N.CH2O/c1-10(2)12-5-4-11(3)13(8-12)6-7-15(19)17-9-14(16)18;1-7-11(15(4)5)13(19)16(6)10(3)12(18)14-9(2)8-17;1-3-7-12-9(11)8-5-4-6-10(8)2;7-4-1-3(10)2-5(8)6(4)9;1-2/h6-7,10-13H,4-5,8-9H2,1-3H3,(H2,16,18)(H,17,19);8-11H,7H2,1-6H3,(H,14,18);8H,3-7H2,1-2H3;1-2H,10H2;1H2/b7-6+;;;;. The third-order valence-electron chi connectivity index (χ3n) is 10.6. The molecule has 0 spiro atoms. The van der Waals surface area contributed by atoms with Crippen molar-refractivity contribution in [3.8, 4) is 0 Å². The number of likely N-dealkylation sites (N-methyl/N-ethyl adjacent to an activating group) is 3. The Balaban J connectivity index is 0. The van der Waals surface area contributed by atoms with Gasteiger partial charge in [0.25, 0.3) is 0 Å². The number of allylic oxidation sites excluding steroid dienone is 1. The molecule has 0 aromatic heterocycles. The highest BCUT2D eigenvalue weighted by molar-refractivity contribution is 5.91. The number of nitrogen functional groups attached to an aromatic ring is 1. The molecule has 1 saturated heterocycles. The highest BCUT2D eigenvalue weighted by atomic mass is 19.2. The Morgan fingerprint density at radius 2 is 1.58 bits per heavy atom. The minimum atomic E-state index is -1.49. The van der Waals surface area contributed by atoms with Gasteiger partial charge < -0.3 is 41.3 Å². The number of nitrogens with two attached hydrogens (primary N) is 2. The normalized spacial score (nSPS) is 19.6. The van der Waals surface area contributed by atoms with E-state index in [1.165, 1.54) is 17.7 Å². The van der Waals surface area contributed by atoms with Gasteiger partial charge in [0, 0.05) is 24.9 Å². The number of rotatable bonds is 15. The Hall–Kier alpha value is -4.84. The molecule has 3 rings (SSSR count). The van der Waals surface area contributed by atoms with E-state index >= 15 is 0 Å². The van der Waals surface area contributed by atoms with Gasteiger partial charge in [-0.2, -0.15) is 0 Å². The number of carbonyl (C=O) groups excluding carboxylic acids is 7. The molecular weight excluding hydrogens is 812 g/mol. The van der Waals surface area contributed by atoms with Gasteiger partial charge in [-0.05, 0) is 116 Å². The van der Waals surface area contributed by atoms with E-state index in [2.05, 4.69) is 36.3 Å². The minimum Gasteiger partial charge on any atom is -0.465 e. The van der Waals surface area contributed by atoms with Crippen molar-refractivity contribution < 1.29 is 51.5 Å². The Kier molecular flexibility index (Phi) is 30.5. The first-order chi connectivity index (χ1) is 29.0. The van der Waals surface area contributed by atoms with Crippen molar-refractivity contribution in [2.75, 3.05) is 53.6 Å². The molecule has 6 N–H and O–H groups in total. The molecule has 1 aliphatic carbocycles. The third-order valence-corrected chi connectivity index (χ3v) is 10.6. The van der Waals surface area contributed by atoms with Crippen LogP contribution in [0.25, 0.3) is 0 Å². The molecule has 1 heterocycles. The lowest BCUT2D eigenvalue weighted by Crippen LogP contribution is -2.53. The zero-order valence-electron chi connectivity index (χ0n) is 38.7. The van der Waals surface area contributed by atoms with Gasteiger partial charge in [0.2, 0.25) is 23.6 Å². The second-order valence-corrected chi connectivity index (χ2v) is 16.1. The number of nitrogens with zero attached hydrogens (tertiary/aromatic N) is 3.